The molecule has 0 fully saturated rings. The number of unbranched alkanes of at least 4 members (excludes halogenated alkanes) is 2. The fourth-order valence-corrected chi connectivity index (χ4v) is 4.02. The fourth-order valence-electron chi connectivity index (χ4n) is 3.35. The highest BCUT2D eigenvalue weighted by molar-refractivity contribution is 14.1. The third-order valence-electron chi connectivity index (χ3n) is 4.75. The van der Waals surface area contributed by atoms with Gasteiger partial charge in [-0.3, -0.25) is 4.79 Å². The van der Waals surface area contributed by atoms with Gasteiger partial charge in [-0.25, -0.2) is 0 Å². The van der Waals surface area contributed by atoms with Gasteiger partial charge in [0.25, 0.3) is 0 Å². The van der Waals surface area contributed by atoms with E-state index in [0.717, 1.165) is 19.3 Å². The fraction of sp³-hybridized carbons (Fsp3) is 0.435. The van der Waals surface area contributed by atoms with Crippen molar-refractivity contribution in [1.82, 2.24) is 0 Å². The summed E-state index contributed by atoms with van der Waals surface area (Å²) in [6.45, 7) is 5.70. The molecule has 0 amide bonds. The van der Waals surface area contributed by atoms with Crippen molar-refractivity contribution in [1.29, 1.82) is 0 Å². The summed E-state index contributed by atoms with van der Waals surface area (Å²) in [4.78, 5) is 11.1. The predicted molar refractivity (Wildman–Crippen MR) is 120 cm³/mol. The summed E-state index contributed by atoms with van der Waals surface area (Å²) in [5.74, 6) is -0.0669. The van der Waals surface area contributed by atoms with Gasteiger partial charge in [-0.15, -0.1) is 0 Å². The van der Waals surface area contributed by atoms with Gasteiger partial charge in [-0.05, 0) is 49.8 Å². The lowest BCUT2D eigenvalue weighted by Gasteiger charge is -2.26. The molecule has 0 aromatic rings. The Balaban J connectivity index is 2.31. The summed E-state index contributed by atoms with van der Waals surface area (Å²) in [6, 6.07) is 0. The molecule has 2 aliphatic carbocycles. The molecule has 0 aromatic heterocycles. The smallest absolute Gasteiger partial charge is 0.426 e. The first kappa shape index (κ1) is 23.6. The van der Waals surface area contributed by atoms with E-state index < -0.39 is 14.9 Å². The van der Waals surface area contributed by atoms with Crippen LogP contribution in [0.5, 0.6) is 0 Å². The molecule has 0 bridgehead atoms. The number of hydrogen-bond acceptors (Lipinski definition) is 3. The van der Waals surface area contributed by atoms with Crippen molar-refractivity contribution in [3.05, 3.63) is 71.3 Å². The SMILES string of the molecule is CCCCCC1(C)C=C(O)C=CC(C(F)(F)OC2=CC(C)(I)C=C(C=O)C=C2)=C1. The lowest BCUT2D eigenvalue weighted by atomic mass is 9.82. The molecule has 0 radical (unpaired) electrons. The van der Waals surface area contributed by atoms with Crippen molar-refractivity contribution in [2.24, 2.45) is 5.41 Å². The Morgan fingerprint density at radius 2 is 1.83 bits per heavy atom. The molecule has 0 spiro atoms. The summed E-state index contributed by atoms with van der Waals surface area (Å²) >= 11 is 2.06. The first-order chi connectivity index (χ1) is 13.5. The average Bonchev–Trinajstić information content (AvgIpc) is 2.85. The van der Waals surface area contributed by atoms with Crippen LogP contribution in [0.25, 0.3) is 0 Å². The molecule has 6 heteroatoms. The minimum Gasteiger partial charge on any atom is -0.508 e. The number of carbonyl (C=O) groups excluding carboxylic acids is 1. The Morgan fingerprint density at radius 1 is 1.10 bits per heavy atom. The topological polar surface area (TPSA) is 46.5 Å². The predicted octanol–water partition coefficient (Wildman–Crippen LogP) is 6.89. The van der Waals surface area contributed by atoms with E-state index in [-0.39, 0.29) is 17.1 Å². The van der Waals surface area contributed by atoms with Gasteiger partial charge < -0.3 is 9.84 Å². The minimum atomic E-state index is -3.60. The second-order valence-corrected chi connectivity index (χ2v) is 10.2. The second-order valence-electron chi connectivity index (χ2n) is 7.88. The highest BCUT2D eigenvalue weighted by Gasteiger charge is 2.39. The Morgan fingerprint density at radius 3 is 2.48 bits per heavy atom. The summed E-state index contributed by atoms with van der Waals surface area (Å²) in [7, 11) is 0. The summed E-state index contributed by atoms with van der Waals surface area (Å²) in [5.41, 5.74) is -0.622. The van der Waals surface area contributed by atoms with Crippen LogP contribution in [0.4, 0.5) is 8.78 Å². The van der Waals surface area contributed by atoms with Crippen LogP contribution in [0.3, 0.4) is 0 Å². The monoisotopic (exact) mass is 516 g/mol. The molecule has 158 valence electrons. The molecule has 2 unspecified atom stereocenters. The van der Waals surface area contributed by atoms with E-state index in [2.05, 4.69) is 29.5 Å². The largest absolute Gasteiger partial charge is 0.508 e. The maximum atomic E-state index is 15.1. The van der Waals surface area contributed by atoms with Gasteiger partial charge in [-0.1, -0.05) is 67.9 Å². The van der Waals surface area contributed by atoms with Crippen molar-refractivity contribution in [3.8, 4) is 0 Å². The van der Waals surface area contributed by atoms with Crippen molar-refractivity contribution < 1.29 is 23.4 Å². The van der Waals surface area contributed by atoms with E-state index >= 15 is 8.78 Å². The molecule has 2 rings (SSSR count). The van der Waals surface area contributed by atoms with E-state index in [9.17, 15) is 9.90 Å². The van der Waals surface area contributed by atoms with E-state index in [1.165, 1.54) is 30.4 Å². The molecule has 0 saturated carbocycles. The first-order valence-electron chi connectivity index (χ1n) is 9.66. The zero-order chi connectivity index (χ0) is 21.7. The van der Waals surface area contributed by atoms with E-state index in [1.807, 2.05) is 6.92 Å². The zero-order valence-corrected chi connectivity index (χ0v) is 19.1. The van der Waals surface area contributed by atoms with Gasteiger partial charge in [0.05, 0.1) is 8.99 Å². The number of carbonyl (C=O) groups is 1. The van der Waals surface area contributed by atoms with Crippen molar-refractivity contribution >= 4 is 28.9 Å². The van der Waals surface area contributed by atoms with Crippen LogP contribution in [0, 0.1) is 5.41 Å². The Hall–Kier alpha value is -1.70. The number of aliphatic hydroxyl groups is 1. The number of aldehydes is 1. The van der Waals surface area contributed by atoms with Gasteiger partial charge in [0.1, 0.15) is 17.8 Å². The van der Waals surface area contributed by atoms with Crippen molar-refractivity contribution in [3.63, 3.8) is 0 Å². The molecular formula is C23H27F2IO3. The normalized spacial score (nSPS) is 27.2. The molecule has 3 nitrogen and oxygen atoms in total. The number of halogens is 3. The number of allylic oxidation sites excluding steroid dienone is 8. The third kappa shape index (κ3) is 6.94. The van der Waals surface area contributed by atoms with E-state index in [1.54, 1.807) is 25.2 Å². The molecule has 0 aliphatic heterocycles. The highest BCUT2D eigenvalue weighted by atomic mass is 127. The van der Waals surface area contributed by atoms with Crippen LogP contribution < -0.4 is 0 Å². The van der Waals surface area contributed by atoms with Crippen LogP contribution in [0.1, 0.15) is 46.5 Å². The van der Waals surface area contributed by atoms with E-state index in [0.29, 0.717) is 18.3 Å². The van der Waals surface area contributed by atoms with Crippen molar-refractivity contribution in [2.75, 3.05) is 0 Å². The Labute approximate surface area is 184 Å². The number of aliphatic hydroxyl groups excluding tert-OH is 1. The van der Waals surface area contributed by atoms with Crippen LogP contribution in [-0.4, -0.2) is 20.9 Å². The van der Waals surface area contributed by atoms with Crippen LogP contribution >= 0.6 is 22.6 Å². The summed E-state index contributed by atoms with van der Waals surface area (Å²) < 4.78 is 34.6. The van der Waals surface area contributed by atoms with Gasteiger partial charge in [0.2, 0.25) is 0 Å². The van der Waals surface area contributed by atoms with Crippen LogP contribution in [0.15, 0.2) is 71.3 Å². The Bertz CT molecular complexity index is 816. The van der Waals surface area contributed by atoms with Crippen LogP contribution in [0.2, 0.25) is 0 Å². The molecule has 2 aliphatic rings. The molecule has 0 saturated heterocycles. The second kappa shape index (κ2) is 9.41. The van der Waals surface area contributed by atoms with Crippen LogP contribution in [-0.2, 0) is 9.53 Å². The quantitative estimate of drug-likeness (QED) is 0.165. The average molecular weight is 516 g/mol. The molecule has 0 aromatic carbocycles. The number of ether oxygens (including phenoxy) is 1. The lowest BCUT2D eigenvalue weighted by Crippen LogP contribution is -2.25. The first-order valence-corrected chi connectivity index (χ1v) is 10.7. The Kier molecular flexibility index (Phi) is 7.65. The third-order valence-corrected chi connectivity index (χ3v) is 5.37. The standard InChI is InChI=1S/C23H27F2IO3/c1-4-5-6-11-21(2)13-18(8-9-19(28)14-21)23(24,25)29-20-10-7-17(16-27)12-22(3,26)15-20/h7-10,12-16,28H,4-6,11H2,1-3H3. The van der Waals surface area contributed by atoms with E-state index in [4.69, 9.17) is 4.74 Å². The number of hydrogen-bond donors (Lipinski definition) is 1. The summed E-state index contributed by atoms with van der Waals surface area (Å²) in [6.07, 6.45) is 12.2. The minimum absolute atomic E-state index is 0.0246. The number of rotatable bonds is 8. The maximum absolute atomic E-state index is 15.1. The zero-order valence-electron chi connectivity index (χ0n) is 16.9. The van der Waals surface area contributed by atoms with Gasteiger partial charge in [0.15, 0.2) is 0 Å². The lowest BCUT2D eigenvalue weighted by molar-refractivity contribution is -0.177. The van der Waals surface area contributed by atoms with Gasteiger partial charge >= 0.3 is 6.11 Å². The summed E-state index contributed by atoms with van der Waals surface area (Å²) in [5, 5.41) is 10.0. The van der Waals surface area contributed by atoms with Gasteiger partial charge in [-0.2, -0.15) is 8.78 Å². The molecule has 1 N–H and O–H groups in total. The molecule has 29 heavy (non-hydrogen) atoms. The number of alkyl halides is 3. The molecule has 2 atom stereocenters. The highest BCUT2D eigenvalue weighted by Crippen LogP contribution is 2.40. The molecule has 0 heterocycles. The molecular weight excluding hydrogens is 489 g/mol. The maximum Gasteiger partial charge on any atom is 0.426 e. The van der Waals surface area contributed by atoms with Crippen molar-refractivity contribution in [2.45, 2.75) is 56.0 Å². The van der Waals surface area contributed by atoms with Gasteiger partial charge in [0, 0.05) is 11.0 Å².